The molecule has 1 aliphatic rings. The zero-order chi connectivity index (χ0) is 22.9. The van der Waals surface area contributed by atoms with E-state index in [-0.39, 0.29) is 28.6 Å². The zero-order valence-electron chi connectivity index (χ0n) is 17.5. The largest absolute Gasteiger partial charge is 0.393 e. The molecule has 2 heterocycles. The van der Waals surface area contributed by atoms with E-state index in [9.17, 15) is 17.9 Å². The molecule has 10 heteroatoms. The second-order valence-corrected chi connectivity index (χ2v) is 9.67. The molecule has 1 fully saturated rings. The smallest absolute Gasteiger partial charge is 0.240 e. The maximum absolute atomic E-state index is 13.6. The number of sulfonamides is 1. The van der Waals surface area contributed by atoms with Crippen molar-refractivity contribution in [3.05, 3.63) is 54.2 Å². The summed E-state index contributed by atoms with van der Waals surface area (Å²) in [6.45, 7) is 1.84. The molecule has 32 heavy (non-hydrogen) atoms. The van der Waals surface area contributed by atoms with Crippen LogP contribution in [0.25, 0.3) is 22.5 Å². The standard InChI is InChI=1S/C22H24FN5O3S/c1-13-2-7-17(32(30,31)28-15-3-5-16(29)6-4-15)11-18(13)19-12-26-22(24)21(27-19)14-8-9-25-20(23)10-14/h2,7-12,15-16,28-29H,3-6H2,1H3,(H2,24,26)/t15-,16-. The van der Waals surface area contributed by atoms with E-state index >= 15 is 0 Å². The average molecular weight is 458 g/mol. The van der Waals surface area contributed by atoms with Crippen LogP contribution in [0.4, 0.5) is 10.2 Å². The van der Waals surface area contributed by atoms with E-state index in [2.05, 4.69) is 19.7 Å². The van der Waals surface area contributed by atoms with Crippen LogP contribution in [0.3, 0.4) is 0 Å². The third kappa shape index (κ3) is 4.77. The Morgan fingerprint density at radius 3 is 2.59 bits per heavy atom. The molecule has 4 N–H and O–H groups in total. The molecule has 0 radical (unpaired) electrons. The topological polar surface area (TPSA) is 131 Å². The van der Waals surface area contributed by atoms with Gasteiger partial charge in [-0.3, -0.25) is 0 Å². The first kappa shape index (κ1) is 22.3. The van der Waals surface area contributed by atoms with Crippen molar-refractivity contribution in [3.63, 3.8) is 0 Å². The fourth-order valence-electron chi connectivity index (χ4n) is 3.82. The summed E-state index contributed by atoms with van der Waals surface area (Å²) in [6.07, 6.45) is 4.74. The lowest BCUT2D eigenvalue weighted by Crippen LogP contribution is -2.38. The first-order valence-corrected chi connectivity index (χ1v) is 11.8. The lowest BCUT2D eigenvalue weighted by Gasteiger charge is -2.26. The molecule has 0 spiro atoms. The Morgan fingerprint density at radius 1 is 1.12 bits per heavy atom. The molecule has 0 amide bonds. The Kier molecular flexibility index (Phi) is 6.18. The molecule has 4 rings (SSSR count). The Morgan fingerprint density at radius 2 is 1.88 bits per heavy atom. The summed E-state index contributed by atoms with van der Waals surface area (Å²) in [7, 11) is -3.76. The van der Waals surface area contributed by atoms with Crippen molar-refractivity contribution in [1.82, 2.24) is 19.7 Å². The van der Waals surface area contributed by atoms with Crippen molar-refractivity contribution in [2.45, 2.75) is 49.6 Å². The van der Waals surface area contributed by atoms with Gasteiger partial charge in [0.1, 0.15) is 11.5 Å². The van der Waals surface area contributed by atoms with Crippen molar-refractivity contribution in [1.29, 1.82) is 0 Å². The number of nitrogens with one attached hydrogen (secondary N) is 1. The number of aliphatic hydroxyl groups is 1. The van der Waals surface area contributed by atoms with E-state index < -0.39 is 16.0 Å². The van der Waals surface area contributed by atoms with Crippen LogP contribution in [0.15, 0.2) is 47.6 Å². The fourth-order valence-corrected chi connectivity index (χ4v) is 5.15. The predicted octanol–water partition coefficient (Wildman–Crippen LogP) is 2.82. The van der Waals surface area contributed by atoms with Crippen LogP contribution >= 0.6 is 0 Å². The van der Waals surface area contributed by atoms with E-state index in [1.165, 1.54) is 18.5 Å². The molecule has 1 aliphatic carbocycles. The normalized spacial score (nSPS) is 19.1. The number of pyridine rings is 1. The average Bonchev–Trinajstić information content (AvgIpc) is 2.76. The third-order valence-electron chi connectivity index (χ3n) is 5.61. The second kappa shape index (κ2) is 8.89. The molecule has 168 valence electrons. The van der Waals surface area contributed by atoms with Crippen LogP contribution in [0.2, 0.25) is 0 Å². The summed E-state index contributed by atoms with van der Waals surface area (Å²) in [5.41, 5.74) is 8.47. The number of nitrogens with zero attached hydrogens (tertiary/aromatic N) is 3. The van der Waals surface area contributed by atoms with E-state index in [0.717, 1.165) is 5.56 Å². The van der Waals surface area contributed by atoms with E-state index in [1.807, 2.05) is 6.92 Å². The third-order valence-corrected chi connectivity index (χ3v) is 7.13. The minimum Gasteiger partial charge on any atom is -0.393 e. The van der Waals surface area contributed by atoms with Crippen molar-refractivity contribution in [2.75, 3.05) is 5.73 Å². The highest BCUT2D eigenvalue weighted by molar-refractivity contribution is 7.89. The Labute approximate surface area is 185 Å². The van der Waals surface area contributed by atoms with Gasteiger partial charge in [-0.2, -0.15) is 4.39 Å². The molecular formula is C22H24FN5O3S. The molecule has 0 bridgehead atoms. The predicted molar refractivity (Wildman–Crippen MR) is 118 cm³/mol. The first-order chi connectivity index (χ1) is 15.2. The van der Waals surface area contributed by atoms with Gasteiger partial charge in [0.05, 0.1) is 22.9 Å². The number of aryl methyl sites for hydroxylation is 1. The van der Waals surface area contributed by atoms with Gasteiger partial charge in [-0.1, -0.05) is 6.07 Å². The maximum atomic E-state index is 13.6. The van der Waals surface area contributed by atoms with Crippen molar-refractivity contribution >= 4 is 15.8 Å². The van der Waals surface area contributed by atoms with Crippen LogP contribution < -0.4 is 10.5 Å². The van der Waals surface area contributed by atoms with Gasteiger partial charge in [-0.05, 0) is 56.4 Å². The highest BCUT2D eigenvalue weighted by Gasteiger charge is 2.25. The molecule has 0 unspecified atom stereocenters. The SMILES string of the molecule is Cc1ccc(S(=O)(=O)N[C@H]2CC[C@H](O)CC2)cc1-c1cnc(N)c(-c2ccnc(F)c2)n1. The van der Waals surface area contributed by atoms with Crippen LogP contribution in [0.1, 0.15) is 31.2 Å². The summed E-state index contributed by atoms with van der Waals surface area (Å²) in [4.78, 5) is 12.4. The lowest BCUT2D eigenvalue weighted by atomic mass is 9.94. The summed E-state index contributed by atoms with van der Waals surface area (Å²) in [5, 5.41) is 9.65. The van der Waals surface area contributed by atoms with Gasteiger partial charge in [-0.15, -0.1) is 0 Å². The van der Waals surface area contributed by atoms with Gasteiger partial charge in [0.25, 0.3) is 0 Å². The highest BCUT2D eigenvalue weighted by Crippen LogP contribution is 2.30. The number of aromatic nitrogens is 3. The number of halogens is 1. The lowest BCUT2D eigenvalue weighted by molar-refractivity contribution is 0.120. The second-order valence-electron chi connectivity index (χ2n) is 7.96. The minimum atomic E-state index is -3.76. The van der Waals surface area contributed by atoms with Crippen molar-refractivity contribution < 1.29 is 17.9 Å². The van der Waals surface area contributed by atoms with Gasteiger partial charge >= 0.3 is 0 Å². The fraction of sp³-hybridized carbons (Fsp3) is 0.318. The number of hydrogen-bond donors (Lipinski definition) is 3. The van der Waals surface area contributed by atoms with E-state index in [4.69, 9.17) is 5.73 Å². The summed E-state index contributed by atoms with van der Waals surface area (Å²) >= 11 is 0. The number of benzene rings is 1. The number of aliphatic hydroxyl groups excluding tert-OH is 1. The highest BCUT2D eigenvalue weighted by atomic mass is 32.2. The summed E-state index contributed by atoms with van der Waals surface area (Å²) in [5.74, 6) is -0.540. The summed E-state index contributed by atoms with van der Waals surface area (Å²) in [6, 6.07) is 7.38. The van der Waals surface area contributed by atoms with Crippen LogP contribution in [0, 0.1) is 12.9 Å². The molecule has 0 atom stereocenters. The van der Waals surface area contributed by atoms with E-state index in [1.54, 1.807) is 24.3 Å². The number of anilines is 1. The van der Waals surface area contributed by atoms with Crippen molar-refractivity contribution in [3.8, 4) is 22.5 Å². The Bertz CT molecular complexity index is 1240. The molecule has 1 aromatic carbocycles. The molecule has 1 saturated carbocycles. The number of rotatable bonds is 5. The number of hydrogen-bond acceptors (Lipinski definition) is 7. The first-order valence-electron chi connectivity index (χ1n) is 10.3. The quantitative estimate of drug-likeness (QED) is 0.502. The summed E-state index contributed by atoms with van der Waals surface area (Å²) < 4.78 is 42.3. The van der Waals surface area contributed by atoms with Gasteiger partial charge in [0.15, 0.2) is 0 Å². The van der Waals surface area contributed by atoms with E-state index in [0.29, 0.717) is 42.5 Å². The van der Waals surface area contributed by atoms with Gasteiger partial charge < -0.3 is 10.8 Å². The number of nitrogens with two attached hydrogens (primary N) is 1. The minimum absolute atomic E-state index is 0.111. The molecule has 0 aliphatic heterocycles. The Balaban J connectivity index is 1.68. The molecule has 2 aromatic heterocycles. The van der Waals surface area contributed by atoms with Gasteiger partial charge in [-0.25, -0.2) is 28.1 Å². The molecule has 8 nitrogen and oxygen atoms in total. The maximum Gasteiger partial charge on any atom is 0.240 e. The molecule has 3 aromatic rings. The van der Waals surface area contributed by atoms with Gasteiger partial charge in [0, 0.05) is 29.4 Å². The molecule has 0 saturated heterocycles. The Hall–Kier alpha value is -2.95. The number of nitrogen functional groups attached to an aromatic ring is 1. The van der Waals surface area contributed by atoms with Crippen LogP contribution in [0.5, 0.6) is 0 Å². The van der Waals surface area contributed by atoms with Crippen LogP contribution in [-0.2, 0) is 10.0 Å². The monoisotopic (exact) mass is 457 g/mol. The van der Waals surface area contributed by atoms with Crippen LogP contribution in [-0.4, -0.2) is 40.6 Å². The van der Waals surface area contributed by atoms with Crippen molar-refractivity contribution in [2.24, 2.45) is 0 Å². The molecular weight excluding hydrogens is 433 g/mol. The zero-order valence-corrected chi connectivity index (χ0v) is 18.3. The van der Waals surface area contributed by atoms with Gasteiger partial charge in [0.2, 0.25) is 16.0 Å².